The van der Waals surface area contributed by atoms with Gasteiger partial charge in [-0.2, -0.15) is 0 Å². The van der Waals surface area contributed by atoms with E-state index >= 15 is 0 Å². The van der Waals surface area contributed by atoms with Crippen molar-refractivity contribution in [1.82, 2.24) is 19.6 Å². The van der Waals surface area contributed by atoms with Crippen molar-refractivity contribution in [3.8, 4) is 0 Å². The van der Waals surface area contributed by atoms with E-state index in [9.17, 15) is 14.4 Å². The molecule has 0 radical (unpaired) electrons. The minimum atomic E-state index is -0.777. The van der Waals surface area contributed by atoms with Gasteiger partial charge in [0.2, 0.25) is 5.91 Å². The lowest BCUT2D eigenvalue weighted by Gasteiger charge is -2.42. The number of ether oxygens (including phenoxy) is 1. The lowest BCUT2D eigenvalue weighted by atomic mass is 10.00. The van der Waals surface area contributed by atoms with Crippen LogP contribution in [0.15, 0.2) is 71.9 Å². The van der Waals surface area contributed by atoms with E-state index in [1.54, 1.807) is 12.1 Å². The molecule has 51 heavy (non-hydrogen) atoms. The highest BCUT2D eigenvalue weighted by Crippen LogP contribution is 2.34. The van der Waals surface area contributed by atoms with Crippen molar-refractivity contribution < 1.29 is 24.3 Å². The van der Waals surface area contributed by atoms with Gasteiger partial charge in [0.1, 0.15) is 12.7 Å². The van der Waals surface area contributed by atoms with Gasteiger partial charge < -0.3 is 30.4 Å². The lowest BCUT2D eigenvalue weighted by molar-refractivity contribution is -0.145. The first-order valence-electron chi connectivity index (χ1n) is 17.3. The molecular weight excluding hydrogens is 691 g/mol. The third-order valence-electron chi connectivity index (χ3n) is 10.1. The summed E-state index contributed by atoms with van der Waals surface area (Å²) in [5.74, 6) is -0.284. The number of halogens is 2. The Morgan fingerprint density at radius 3 is 2.33 bits per heavy atom. The summed E-state index contributed by atoms with van der Waals surface area (Å²) >= 11 is 12.7. The van der Waals surface area contributed by atoms with Crippen LogP contribution in [0.1, 0.15) is 51.5 Å². The highest BCUT2D eigenvalue weighted by atomic mass is 35.5. The number of amides is 3. The molecule has 3 aliphatic rings. The second-order valence-corrected chi connectivity index (χ2v) is 14.6. The summed E-state index contributed by atoms with van der Waals surface area (Å²) in [6.45, 7) is 6.71. The summed E-state index contributed by atoms with van der Waals surface area (Å²) in [7, 11) is 0. The van der Waals surface area contributed by atoms with E-state index in [1.165, 1.54) is 0 Å². The lowest BCUT2D eigenvalue weighted by Crippen LogP contribution is -2.54. The van der Waals surface area contributed by atoms with Crippen LogP contribution in [0.25, 0.3) is 0 Å². The zero-order valence-corrected chi connectivity index (χ0v) is 30.4. The van der Waals surface area contributed by atoms with E-state index in [1.807, 2.05) is 83.1 Å². The van der Waals surface area contributed by atoms with Crippen LogP contribution in [0.3, 0.4) is 0 Å². The van der Waals surface area contributed by atoms with Crippen molar-refractivity contribution in [2.24, 2.45) is 10.9 Å². The number of nitrogens with two attached hydrogens (primary N) is 1. The van der Waals surface area contributed by atoms with Gasteiger partial charge in [0.15, 0.2) is 5.84 Å². The fourth-order valence-electron chi connectivity index (χ4n) is 7.67. The van der Waals surface area contributed by atoms with E-state index in [-0.39, 0.29) is 48.3 Å². The van der Waals surface area contributed by atoms with Gasteiger partial charge in [-0.25, -0.2) is 0 Å². The third-order valence-corrected chi connectivity index (χ3v) is 10.9. The number of nitrogens with zero attached hydrogens (tertiary/aromatic N) is 5. The van der Waals surface area contributed by atoms with Gasteiger partial charge >= 0.3 is 0 Å². The number of piperazine rings is 2. The van der Waals surface area contributed by atoms with Gasteiger partial charge in [-0.15, -0.1) is 0 Å². The van der Waals surface area contributed by atoms with Crippen molar-refractivity contribution in [2.75, 3.05) is 45.9 Å². The third kappa shape index (κ3) is 8.49. The number of hydrogen-bond acceptors (Lipinski definition) is 7. The summed E-state index contributed by atoms with van der Waals surface area (Å²) < 4.78 is 5.86. The molecule has 3 fully saturated rings. The molecule has 270 valence electrons. The first-order valence-corrected chi connectivity index (χ1v) is 18.0. The Morgan fingerprint density at radius 1 is 0.922 bits per heavy atom. The normalized spacial score (nSPS) is 21.3. The Hall–Kier alpha value is -4.16. The number of fused-ring (bicyclic) bond motifs is 2. The van der Waals surface area contributed by atoms with Gasteiger partial charge in [0, 0.05) is 69.8 Å². The van der Waals surface area contributed by atoms with Crippen molar-refractivity contribution in [3.05, 3.63) is 105 Å². The first kappa shape index (κ1) is 36.6. The number of carbonyl (C=O) groups excluding carboxylic acids is 3. The highest BCUT2D eigenvalue weighted by Gasteiger charge is 2.47. The van der Waals surface area contributed by atoms with E-state index in [4.69, 9.17) is 38.9 Å². The molecule has 6 rings (SSSR count). The van der Waals surface area contributed by atoms with E-state index < -0.39 is 6.10 Å². The molecule has 3 saturated heterocycles. The quantitative estimate of drug-likeness (QED) is 0.127. The number of rotatable bonds is 11. The molecule has 3 aliphatic heterocycles. The predicted octanol–water partition coefficient (Wildman–Crippen LogP) is 4.69. The van der Waals surface area contributed by atoms with Gasteiger partial charge in [-0.3, -0.25) is 19.3 Å². The van der Waals surface area contributed by atoms with Crippen LogP contribution in [-0.2, 0) is 20.7 Å². The molecule has 3 amide bonds. The van der Waals surface area contributed by atoms with Crippen LogP contribution in [0.4, 0.5) is 0 Å². The maximum atomic E-state index is 13.9. The van der Waals surface area contributed by atoms with Gasteiger partial charge in [-0.05, 0) is 55.7 Å². The van der Waals surface area contributed by atoms with Gasteiger partial charge in [0.25, 0.3) is 11.8 Å². The second kappa shape index (κ2) is 16.0. The Balaban J connectivity index is 1.09. The molecule has 11 nitrogen and oxygen atoms in total. The molecule has 13 heteroatoms. The zero-order valence-electron chi connectivity index (χ0n) is 28.9. The largest absolute Gasteiger partial charge is 0.409 e. The predicted molar refractivity (Wildman–Crippen MR) is 196 cm³/mol. The van der Waals surface area contributed by atoms with E-state index in [0.29, 0.717) is 67.7 Å². The molecule has 3 aromatic rings. The molecular formula is C38H44Cl2N6O5. The van der Waals surface area contributed by atoms with Crippen molar-refractivity contribution in [1.29, 1.82) is 0 Å². The Labute approximate surface area is 308 Å². The van der Waals surface area contributed by atoms with Crippen LogP contribution in [-0.4, -0.2) is 112 Å². The maximum Gasteiger partial charge on any atom is 0.254 e. The average molecular weight is 736 g/mol. The topological polar surface area (TPSA) is 132 Å². The van der Waals surface area contributed by atoms with Gasteiger partial charge in [0.05, 0.1) is 16.1 Å². The molecule has 4 atom stereocenters. The van der Waals surface area contributed by atoms with Crippen molar-refractivity contribution in [3.63, 3.8) is 0 Å². The van der Waals surface area contributed by atoms with Crippen molar-refractivity contribution >= 4 is 46.8 Å². The van der Waals surface area contributed by atoms with Crippen LogP contribution in [0.5, 0.6) is 0 Å². The molecule has 0 spiro atoms. The van der Waals surface area contributed by atoms with E-state index in [0.717, 1.165) is 28.7 Å². The number of hydrogen-bond donors (Lipinski definition) is 2. The molecule has 1 unspecified atom stereocenters. The second-order valence-electron chi connectivity index (χ2n) is 13.8. The fraction of sp³-hybridized carbons (Fsp3) is 0.421. The number of oxime groups is 1. The molecule has 0 saturated carbocycles. The maximum absolute atomic E-state index is 13.9. The zero-order chi connectivity index (χ0) is 36.2. The average Bonchev–Trinajstić information content (AvgIpc) is 3.74. The summed E-state index contributed by atoms with van der Waals surface area (Å²) in [5.41, 5.74) is 10.1. The number of carbonyl (C=O) groups is 3. The minimum Gasteiger partial charge on any atom is -0.409 e. The van der Waals surface area contributed by atoms with E-state index in [2.05, 4.69) is 10.1 Å². The monoisotopic (exact) mass is 734 g/mol. The SMILES string of the molecule is Cc1cc(C)cc(C(=O)N2CCN(C(=O)CCN3C[C@H]4C[C@H]3CN4C(=O)C(Cc3ccccc3)OCC(N)=NO)[C@H](c3ccc(Cl)c(Cl)c3)C2)c1. The number of benzene rings is 3. The Bertz CT molecular complexity index is 1770. The summed E-state index contributed by atoms with van der Waals surface area (Å²) in [5, 5.41) is 12.8. The smallest absolute Gasteiger partial charge is 0.254 e. The molecule has 2 bridgehead atoms. The number of likely N-dealkylation sites (tertiary alicyclic amines) is 2. The van der Waals surface area contributed by atoms with Crippen LogP contribution >= 0.6 is 23.2 Å². The molecule has 3 N–H and O–H groups in total. The highest BCUT2D eigenvalue weighted by molar-refractivity contribution is 6.42. The minimum absolute atomic E-state index is 0.000242. The number of amidine groups is 1. The first-order chi connectivity index (χ1) is 24.5. The van der Waals surface area contributed by atoms with Crippen LogP contribution in [0.2, 0.25) is 10.0 Å². The van der Waals surface area contributed by atoms with Crippen LogP contribution < -0.4 is 5.73 Å². The van der Waals surface area contributed by atoms with Crippen molar-refractivity contribution in [2.45, 2.75) is 57.3 Å². The molecule has 3 heterocycles. The molecule has 0 aromatic heterocycles. The Kier molecular flexibility index (Phi) is 11.5. The van der Waals surface area contributed by atoms with Crippen LogP contribution in [0, 0.1) is 13.8 Å². The standard InChI is InChI=1S/C38H44Cl2N6O5/c1-24-14-25(2)16-28(15-24)37(48)44-12-13-45(33(22-44)27-8-9-31(39)32(40)18-27)36(47)10-11-43-20-30-19-29(43)21-46(30)38(49)34(51-23-35(41)42-50)17-26-6-4-3-5-7-26/h3-9,14-16,18,29-30,33-34,50H,10-13,17,19-23H2,1-2H3,(H2,41,42)/t29-,30+,33-,34?/m0/s1. The molecule has 3 aromatic carbocycles. The Morgan fingerprint density at radius 2 is 1.67 bits per heavy atom. The summed E-state index contributed by atoms with van der Waals surface area (Å²) in [6, 6.07) is 20.6. The fourth-order valence-corrected chi connectivity index (χ4v) is 7.98. The summed E-state index contributed by atoms with van der Waals surface area (Å²) in [4.78, 5) is 49.2. The summed E-state index contributed by atoms with van der Waals surface area (Å²) in [6.07, 6.45) is 0.720. The van der Waals surface area contributed by atoms with Gasteiger partial charge in [-0.1, -0.05) is 81.9 Å². The molecule has 0 aliphatic carbocycles. The number of aryl methyl sites for hydroxylation is 2.